The predicted molar refractivity (Wildman–Crippen MR) is 153 cm³/mol. The molecule has 0 radical (unpaired) electrons. The van der Waals surface area contributed by atoms with Crippen molar-refractivity contribution in [1.82, 2.24) is 4.90 Å². The second kappa shape index (κ2) is 11.2. The minimum atomic E-state index is -0.782. The largest absolute Gasteiger partial charge is 0.507 e. The molecule has 1 unspecified atom stereocenters. The molecule has 0 aromatic heterocycles. The molecule has 0 spiro atoms. The molecule has 1 fully saturated rings. The number of nitrogens with zero attached hydrogens (tertiary/aromatic N) is 2. The van der Waals surface area contributed by atoms with Gasteiger partial charge in [-0.3, -0.25) is 9.59 Å². The fourth-order valence-corrected chi connectivity index (χ4v) is 5.09. The van der Waals surface area contributed by atoms with Crippen molar-refractivity contribution in [2.45, 2.75) is 39.3 Å². The predicted octanol–water partition coefficient (Wildman–Crippen LogP) is 5.82. The number of hydrogen-bond donors (Lipinski definition) is 1. The maximum atomic E-state index is 13.6. The van der Waals surface area contributed by atoms with Crippen molar-refractivity contribution in [3.63, 3.8) is 0 Å². The Kier molecular flexibility index (Phi) is 8.00. The molecule has 4 rings (SSSR count). The molecule has 1 heterocycles. The highest BCUT2D eigenvalue weighted by atomic mass is 16.5. The number of hydrogen-bond acceptors (Lipinski definition) is 6. The number of aliphatic hydroxyl groups is 1. The van der Waals surface area contributed by atoms with Gasteiger partial charge in [0.2, 0.25) is 0 Å². The van der Waals surface area contributed by atoms with E-state index in [1.54, 1.807) is 14.2 Å². The van der Waals surface area contributed by atoms with Gasteiger partial charge in [-0.15, -0.1) is 0 Å². The monoisotopic (exact) mass is 528 g/mol. The number of anilines is 1. The fourth-order valence-electron chi connectivity index (χ4n) is 5.09. The van der Waals surface area contributed by atoms with Crippen molar-refractivity contribution in [2.24, 2.45) is 0 Å². The fraction of sp³-hybridized carbons (Fsp3) is 0.312. The quantitative estimate of drug-likeness (QED) is 0.225. The van der Waals surface area contributed by atoms with E-state index in [4.69, 9.17) is 9.47 Å². The van der Waals surface area contributed by atoms with Crippen LogP contribution in [0, 0.1) is 6.92 Å². The number of amides is 1. The Labute approximate surface area is 230 Å². The molecule has 1 amide bonds. The molecular formula is C32H36N2O5. The second-order valence-corrected chi connectivity index (χ2v) is 10.3. The summed E-state index contributed by atoms with van der Waals surface area (Å²) in [6.07, 6.45) is 0. The number of ether oxygens (including phenoxy) is 2. The van der Waals surface area contributed by atoms with E-state index in [1.165, 1.54) is 4.90 Å². The molecule has 1 N–H and O–H groups in total. The number of Topliss-reactive ketones (excluding diaryl/α,β-unsaturated/α-hetero) is 1. The highest BCUT2D eigenvalue weighted by Crippen LogP contribution is 2.43. The maximum absolute atomic E-state index is 13.6. The number of benzene rings is 3. The lowest BCUT2D eigenvalue weighted by Gasteiger charge is -2.27. The van der Waals surface area contributed by atoms with Crippen molar-refractivity contribution in [3.05, 3.63) is 94.1 Å². The minimum Gasteiger partial charge on any atom is -0.507 e. The van der Waals surface area contributed by atoms with Gasteiger partial charge in [0.15, 0.2) is 0 Å². The summed E-state index contributed by atoms with van der Waals surface area (Å²) in [5.41, 5.74) is 4.69. The number of aliphatic hydroxyl groups excluding tert-OH is 1. The standard InChI is InChI=1S/C32H36N2O5/c1-19(2)24-17-25(20(3)16-27(24)39-7)30(35)28-29(21-12-14-23(15-13-21)33(4)5)34(32(37)31(28)36)18-22-10-8-9-11-26(22)38-6/h8-17,19,29,35H,18H2,1-7H3/b30-28+. The van der Waals surface area contributed by atoms with Gasteiger partial charge in [-0.1, -0.05) is 44.2 Å². The molecule has 0 aliphatic carbocycles. The molecule has 0 bridgehead atoms. The van der Waals surface area contributed by atoms with Crippen molar-refractivity contribution in [2.75, 3.05) is 33.2 Å². The summed E-state index contributed by atoms with van der Waals surface area (Å²) in [6, 6.07) is 18.0. The molecule has 204 valence electrons. The highest BCUT2D eigenvalue weighted by molar-refractivity contribution is 6.46. The molecule has 1 atom stereocenters. The molecule has 1 aliphatic rings. The van der Waals surface area contributed by atoms with Crippen LogP contribution in [-0.2, 0) is 16.1 Å². The lowest BCUT2D eigenvalue weighted by atomic mass is 9.91. The van der Waals surface area contributed by atoms with Crippen LogP contribution >= 0.6 is 0 Å². The van der Waals surface area contributed by atoms with Crippen LogP contribution in [0.25, 0.3) is 5.76 Å². The Balaban J connectivity index is 1.93. The Morgan fingerprint density at radius 1 is 0.974 bits per heavy atom. The van der Waals surface area contributed by atoms with Crippen LogP contribution in [0.4, 0.5) is 5.69 Å². The summed E-state index contributed by atoms with van der Waals surface area (Å²) >= 11 is 0. The zero-order valence-corrected chi connectivity index (χ0v) is 23.6. The van der Waals surface area contributed by atoms with E-state index in [9.17, 15) is 14.7 Å². The van der Waals surface area contributed by atoms with Crippen LogP contribution in [0.1, 0.15) is 53.6 Å². The number of ketones is 1. The molecule has 1 saturated heterocycles. The van der Waals surface area contributed by atoms with E-state index < -0.39 is 17.7 Å². The van der Waals surface area contributed by atoms with Crippen molar-refractivity contribution in [3.8, 4) is 11.5 Å². The molecule has 39 heavy (non-hydrogen) atoms. The first kappa shape index (κ1) is 27.8. The molecule has 0 saturated carbocycles. The van der Waals surface area contributed by atoms with Gasteiger partial charge in [0.1, 0.15) is 17.3 Å². The van der Waals surface area contributed by atoms with Crippen molar-refractivity contribution in [1.29, 1.82) is 0 Å². The minimum absolute atomic E-state index is 0.0653. The topological polar surface area (TPSA) is 79.3 Å². The Hall–Kier alpha value is -4.26. The number of carbonyl (C=O) groups is 2. The van der Waals surface area contributed by atoms with E-state index in [0.717, 1.165) is 27.9 Å². The highest BCUT2D eigenvalue weighted by Gasteiger charge is 2.46. The number of likely N-dealkylation sites (tertiary alicyclic amines) is 1. The van der Waals surface area contributed by atoms with Crippen LogP contribution in [0.15, 0.2) is 66.2 Å². The van der Waals surface area contributed by atoms with Gasteiger partial charge < -0.3 is 24.4 Å². The van der Waals surface area contributed by atoms with E-state index in [0.29, 0.717) is 17.1 Å². The third kappa shape index (κ3) is 5.21. The Morgan fingerprint density at radius 2 is 1.62 bits per heavy atom. The van der Waals surface area contributed by atoms with E-state index in [1.807, 2.05) is 100 Å². The van der Waals surface area contributed by atoms with Gasteiger partial charge >= 0.3 is 0 Å². The van der Waals surface area contributed by atoms with Gasteiger partial charge in [0.25, 0.3) is 11.7 Å². The average Bonchev–Trinajstić information content (AvgIpc) is 3.17. The zero-order chi connectivity index (χ0) is 28.4. The SMILES string of the molecule is COc1ccccc1CN1C(=O)C(=O)/C(=C(/O)c2cc(C(C)C)c(OC)cc2C)C1c1ccc(N(C)C)cc1. The number of methoxy groups -OCH3 is 2. The first-order valence-electron chi connectivity index (χ1n) is 13.0. The first-order valence-corrected chi connectivity index (χ1v) is 13.0. The molecule has 3 aromatic rings. The number of rotatable bonds is 8. The second-order valence-electron chi connectivity index (χ2n) is 10.3. The normalized spacial score (nSPS) is 16.6. The van der Waals surface area contributed by atoms with Crippen LogP contribution in [0.3, 0.4) is 0 Å². The van der Waals surface area contributed by atoms with Gasteiger partial charge in [0, 0.05) is 30.9 Å². The summed E-state index contributed by atoms with van der Waals surface area (Å²) in [4.78, 5) is 30.6. The molecule has 1 aliphatic heterocycles. The van der Waals surface area contributed by atoms with Crippen LogP contribution in [0.2, 0.25) is 0 Å². The summed E-state index contributed by atoms with van der Waals surface area (Å²) in [5, 5.41) is 11.7. The van der Waals surface area contributed by atoms with Crippen molar-refractivity contribution < 1.29 is 24.2 Å². The van der Waals surface area contributed by atoms with Crippen molar-refractivity contribution >= 4 is 23.1 Å². The van der Waals surface area contributed by atoms with E-state index in [2.05, 4.69) is 0 Å². The smallest absolute Gasteiger partial charge is 0.295 e. The number of carbonyl (C=O) groups excluding carboxylic acids is 2. The van der Waals surface area contributed by atoms with Gasteiger partial charge in [-0.2, -0.15) is 0 Å². The summed E-state index contributed by atoms with van der Waals surface area (Å²) < 4.78 is 11.1. The van der Waals surface area contributed by atoms with Crippen LogP contribution in [0.5, 0.6) is 11.5 Å². The van der Waals surface area contributed by atoms with Gasteiger partial charge in [0.05, 0.1) is 32.4 Å². The third-order valence-electron chi connectivity index (χ3n) is 7.25. The lowest BCUT2D eigenvalue weighted by molar-refractivity contribution is -0.140. The van der Waals surface area contributed by atoms with Gasteiger partial charge in [-0.25, -0.2) is 0 Å². The maximum Gasteiger partial charge on any atom is 0.295 e. The number of aryl methyl sites for hydroxylation is 1. The van der Waals surface area contributed by atoms with E-state index in [-0.39, 0.29) is 23.8 Å². The van der Waals surface area contributed by atoms with Crippen LogP contribution < -0.4 is 14.4 Å². The van der Waals surface area contributed by atoms with E-state index >= 15 is 0 Å². The number of para-hydroxylation sites is 1. The molecule has 3 aromatic carbocycles. The average molecular weight is 529 g/mol. The van der Waals surface area contributed by atoms with Gasteiger partial charge in [-0.05, 0) is 59.9 Å². The third-order valence-corrected chi connectivity index (χ3v) is 7.25. The van der Waals surface area contributed by atoms with Crippen LogP contribution in [-0.4, -0.2) is 50.0 Å². The molecular weight excluding hydrogens is 492 g/mol. The lowest BCUT2D eigenvalue weighted by Crippen LogP contribution is -2.29. The molecule has 7 heteroatoms. The Bertz CT molecular complexity index is 1420. The molecule has 7 nitrogen and oxygen atoms in total. The zero-order valence-electron chi connectivity index (χ0n) is 23.6. The summed E-state index contributed by atoms with van der Waals surface area (Å²) in [6.45, 7) is 6.07. The summed E-state index contributed by atoms with van der Waals surface area (Å²) in [5.74, 6) is -0.126. The summed E-state index contributed by atoms with van der Waals surface area (Å²) in [7, 11) is 7.08. The Morgan fingerprint density at radius 3 is 2.21 bits per heavy atom. The first-order chi connectivity index (χ1) is 18.6.